The van der Waals surface area contributed by atoms with Crippen LogP contribution in [0, 0.1) is 11.3 Å². The van der Waals surface area contributed by atoms with Crippen LogP contribution in [0.25, 0.3) is 0 Å². The smallest absolute Gasteiger partial charge is 0.161 e. The molecule has 1 heterocycles. The summed E-state index contributed by atoms with van der Waals surface area (Å²) in [7, 11) is 0. The molecule has 4 heteroatoms. The highest BCUT2D eigenvalue weighted by Gasteiger charge is 2.10. The van der Waals surface area contributed by atoms with Crippen LogP contribution in [0.15, 0.2) is 42.5 Å². The first kappa shape index (κ1) is 13.3. The number of nitrogens with zero attached hydrogens (tertiary/aromatic N) is 1. The molecule has 0 radical (unpaired) electrons. The predicted octanol–water partition coefficient (Wildman–Crippen LogP) is 3.33. The molecule has 0 amide bonds. The van der Waals surface area contributed by atoms with Gasteiger partial charge >= 0.3 is 0 Å². The van der Waals surface area contributed by atoms with Crippen molar-refractivity contribution >= 4 is 5.69 Å². The van der Waals surface area contributed by atoms with Gasteiger partial charge in [-0.15, -0.1) is 0 Å². The number of nitriles is 1. The Balaban J connectivity index is 1.67. The maximum absolute atomic E-state index is 8.78. The van der Waals surface area contributed by atoms with Crippen molar-refractivity contribution in [2.45, 2.75) is 13.0 Å². The van der Waals surface area contributed by atoms with E-state index in [1.165, 1.54) is 0 Å². The largest absolute Gasteiger partial charge is 0.490 e. The summed E-state index contributed by atoms with van der Waals surface area (Å²) in [6.45, 7) is 2.10. The van der Waals surface area contributed by atoms with Crippen LogP contribution in [0.4, 0.5) is 5.69 Å². The molecule has 0 bridgehead atoms. The molecule has 2 aromatic carbocycles. The van der Waals surface area contributed by atoms with E-state index in [9.17, 15) is 0 Å². The van der Waals surface area contributed by atoms with E-state index >= 15 is 0 Å². The van der Waals surface area contributed by atoms with Gasteiger partial charge in [0.05, 0.1) is 24.8 Å². The van der Waals surface area contributed by atoms with Crippen LogP contribution in [0.3, 0.4) is 0 Å². The number of hydrogen-bond acceptors (Lipinski definition) is 4. The number of ether oxygens (including phenoxy) is 2. The third kappa shape index (κ3) is 3.26. The molecule has 0 spiro atoms. The highest BCUT2D eigenvalue weighted by atomic mass is 16.5. The molecule has 1 aliphatic heterocycles. The van der Waals surface area contributed by atoms with Gasteiger partial charge in [-0.1, -0.05) is 6.07 Å². The number of rotatable bonds is 3. The Morgan fingerprint density at radius 3 is 2.52 bits per heavy atom. The number of anilines is 1. The van der Waals surface area contributed by atoms with Crippen LogP contribution in [0.5, 0.6) is 11.5 Å². The van der Waals surface area contributed by atoms with Crippen molar-refractivity contribution < 1.29 is 9.47 Å². The molecule has 1 aliphatic rings. The molecule has 1 N–H and O–H groups in total. The van der Waals surface area contributed by atoms with Crippen molar-refractivity contribution in [1.82, 2.24) is 0 Å². The summed E-state index contributed by atoms with van der Waals surface area (Å²) in [6, 6.07) is 15.5. The zero-order chi connectivity index (χ0) is 14.5. The van der Waals surface area contributed by atoms with Crippen LogP contribution in [-0.4, -0.2) is 13.2 Å². The number of benzene rings is 2. The first-order valence-corrected chi connectivity index (χ1v) is 6.98. The van der Waals surface area contributed by atoms with Gasteiger partial charge in [0, 0.05) is 18.7 Å². The zero-order valence-electron chi connectivity index (χ0n) is 11.6. The number of nitrogens with one attached hydrogen (secondary N) is 1. The third-order valence-electron chi connectivity index (χ3n) is 3.32. The molecule has 21 heavy (non-hydrogen) atoms. The lowest BCUT2D eigenvalue weighted by atomic mass is 10.2. The van der Waals surface area contributed by atoms with E-state index in [0.29, 0.717) is 25.3 Å². The summed E-state index contributed by atoms with van der Waals surface area (Å²) in [5.74, 6) is 1.63. The number of fused-ring (bicyclic) bond motifs is 1. The van der Waals surface area contributed by atoms with Crippen molar-refractivity contribution in [2.75, 3.05) is 18.5 Å². The number of hydrogen-bond donors (Lipinski definition) is 1. The highest BCUT2D eigenvalue weighted by molar-refractivity contribution is 5.49. The summed E-state index contributed by atoms with van der Waals surface area (Å²) in [6.07, 6.45) is 0.910. The van der Waals surface area contributed by atoms with Crippen LogP contribution >= 0.6 is 0 Å². The summed E-state index contributed by atoms with van der Waals surface area (Å²) >= 11 is 0. The van der Waals surface area contributed by atoms with Crippen LogP contribution in [-0.2, 0) is 6.54 Å². The molecule has 0 unspecified atom stereocenters. The Labute approximate surface area is 123 Å². The van der Waals surface area contributed by atoms with Gasteiger partial charge in [-0.3, -0.25) is 0 Å². The van der Waals surface area contributed by atoms with E-state index in [0.717, 1.165) is 29.2 Å². The third-order valence-corrected chi connectivity index (χ3v) is 3.32. The van der Waals surface area contributed by atoms with Gasteiger partial charge in [-0.25, -0.2) is 0 Å². The van der Waals surface area contributed by atoms with E-state index in [1.807, 2.05) is 30.3 Å². The van der Waals surface area contributed by atoms with Gasteiger partial charge < -0.3 is 14.8 Å². The average Bonchev–Trinajstić information content (AvgIpc) is 2.78. The van der Waals surface area contributed by atoms with Gasteiger partial charge in [-0.05, 0) is 42.0 Å². The Morgan fingerprint density at radius 2 is 1.76 bits per heavy atom. The van der Waals surface area contributed by atoms with E-state index < -0.39 is 0 Å². The lowest BCUT2D eigenvalue weighted by Gasteiger charge is -2.11. The summed E-state index contributed by atoms with van der Waals surface area (Å²) in [5, 5.41) is 12.1. The van der Waals surface area contributed by atoms with E-state index in [1.54, 1.807) is 12.1 Å². The molecule has 2 aromatic rings. The molecule has 0 atom stereocenters. The topological polar surface area (TPSA) is 54.3 Å². The second-order valence-electron chi connectivity index (χ2n) is 4.87. The Kier molecular flexibility index (Phi) is 3.92. The average molecular weight is 280 g/mol. The molecule has 0 aliphatic carbocycles. The molecule has 0 fully saturated rings. The maximum atomic E-state index is 8.78. The molecule has 106 valence electrons. The van der Waals surface area contributed by atoms with Crippen molar-refractivity contribution in [3.05, 3.63) is 53.6 Å². The second kappa shape index (κ2) is 6.19. The van der Waals surface area contributed by atoms with E-state index in [4.69, 9.17) is 14.7 Å². The predicted molar refractivity (Wildman–Crippen MR) is 80.5 cm³/mol. The lowest BCUT2D eigenvalue weighted by molar-refractivity contribution is 0.297. The van der Waals surface area contributed by atoms with E-state index in [-0.39, 0.29) is 0 Å². The Hall–Kier alpha value is -2.67. The highest BCUT2D eigenvalue weighted by Crippen LogP contribution is 2.30. The van der Waals surface area contributed by atoms with Gasteiger partial charge in [0.15, 0.2) is 11.5 Å². The van der Waals surface area contributed by atoms with Crippen molar-refractivity contribution in [1.29, 1.82) is 5.26 Å². The normalized spacial score (nSPS) is 13.1. The second-order valence-corrected chi connectivity index (χ2v) is 4.87. The Morgan fingerprint density at radius 1 is 1.00 bits per heavy atom. The molecule has 0 saturated carbocycles. The fourth-order valence-electron chi connectivity index (χ4n) is 2.18. The minimum atomic E-state index is 0.663. The van der Waals surface area contributed by atoms with Gasteiger partial charge in [-0.2, -0.15) is 5.26 Å². The summed E-state index contributed by atoms with van der Waals surface area (Å²) in [4.78, 5) is 0. The Bertz CT molecular complexity index is 659. The quantitative estimate of drug-likeness (QED) is 0.937. The van der Waals surface area contributed by atoms with Gasteiger partial charge in [0.1, 0.15) is 0 Å². The van der Waals surface area contributed by atoms with Gasteiger partial charge in [0.25, 0.3) is 0 Å². The summed E-state index contributed by atoms with van der Waals surface area (Å²) < 4.78 is 11.3. The first-order chi connectivity index (χ1) is 10.3. The lowest BCUT2D eigenvalue weighted by Crippen LogP contribution is -2.00. The maximum Gasteiger partial charge on any atom is 0.161 e. The van der Waals surface area contributed by atoms with Crippen LogP contribution in [0.2, 0.25) is 0 Å². The van der Waals surface area contributed by atoms with E-state index in [2.05, 4.69) is 11.4 Å². The van der Waals surface area contributed by atoms with Crippen molar-refractivity contribution in [3.63, 3.8) is 0 Å². The SMILES string of the molecule is N#Cc1ccc(NCc2ccc3c(c2)OCCCO3)cc1. The van der Waals surface area contributed by atoms with Crippen LogP contribution in [0.1, 0.15) is 17.5 Å². The standard InChI is InChI=1S/C17H16N2O2/c18-11-13-2-5-15(6-3-13)19-12-14-4-7-16-17(10-14)21-9-1-8-20-16/h2-7,10,19H,1,8-9,12H2. The fraction of sp³-hybridized carbons (Fsp3) is 0.235. The summed E-state index contributed by atoms with van der Waals surface area (Å²) in [5.41, 5.74) is 2.78. The van der Waals surface area contributed by atoms with Gasteiger partial charge in [0.2, 0.25) is 0 Å². The van der Waals surface area contributed by atoms with Crippen molar-refractivity contribution in [3.8, 4) is 17.6 Å². The molecule has 3 rings (SSSR count). The minimum absolute atomic E-state index is 0.663. The first-order valence-electron chi connectivity index (χ1n) is 6.98. The van der Waals surface area contributed by atoms with Crippen molar-refractivity contribution in [2.24, 2.45) is 0 Å². The fourth-order valence-corrected chi connectivity index (χ4v) is 2.18. The van der Waals surface area contributed by atoms with Crippen LogP contribution < -0.4 is 14.8 Å². The monoisotopic (exact) mass is 280 g/mol. The molecule has 0 aromatic heterocycles. The zero-order valence-corrected chi connectivity index (χ0v) is 11.6. The molecular formula is C17H16N2O2. The minimum Gasteiger partial charge on any atom is -0.490 e. The molecular weight excluding hydrogens is 264 g/mol. The molecule has 0 saturated heterocycles. The molecule has 4 nitrogen and oxygen atoms in total.